The number of benzene rings is 2. The van der Waals surface area contributed by atoms with Gasteiger partial charge >= 0.3 is 0 Å². The molecule has 1 fully saturated rings. The molecule has 0 spiro atoms. The molecule has 1 N–H and O–H groups in total. The molecule has 0 radical (unpaired) electrons. The van der Waals surface area contributed by atoms with E-state index in [9.17, 15) is 14.7 Å². The summed E-state index contributed by atoms with van der Waals surface area (Å²) in [4.78, 5) is 29.2. The first-order valence-corrected chi connectivity index (χ1v) is 12.5. The zero-order valence-electron chi connectivity index (χ0n) is 19.4. The van der Waals surface area contributed by atoms with Crippen molar-refractivity contribution in [2.24, 2.45) is 0 Å². The van der Waals surface area contributed by atoms with E-state index in [1.54, 1.807) is 23.1 Å². The molecule has 0 aromatic heterocycles. The molecule has 180 valence electrons. The smallest absolute Gasteiger partial charge is 0.295 e. The van der Waals surface area contributed by atoms with Gasteiger partial charge in [0.2, 0.25) is 5.78 Å². The second-order valence-corrected chi connectivity index (χ2v) is 9.36. The first-order chi connectivity index (χ1) is 16.4. The van der Waals surface area contributed by atoms with Gasteiger partial charge in [-0.25, -0.2) is 0 Å². The number of carbonyl (C=O) groups excluding carboxylic acids is 2. The molecule has 2 aliphatic heterocycles. The van der Waals surface area contributed by atoms with Gasteiger partial charge in [-0.05, 0) is 49.2 Å². The summed E-state index contributed by atoms with van der Waals surface area (Å²) >= 11 is 3.43. The summed E-state index contributed by atoms with van der Waals surface area (Å²) < 4.78 is 12.0. The number of likely N-dealkylation sites (tertiary alicyclic amines) is 1. The maximum atomic E-state index is 13.6. The third-order valence-electron chi connectivity index (χ3n) is 6.45. The molecule has 2 aliphatic rings. The predicted molar refractivity (Wildman–Crippen MR) is 129 cm³/mol. The van der Waals surface area contributed by atoms with Gasteiger partial charge in [0.15, 0.2) is 11.5 Å². The minimum absolute atomic E-state index is 0.0146. The predicted octanol–water partition coefficient (Wildman–Crippen LogP) is 1.76. The van der Waals surface area contributed by atoms with Gasteiger partial charge in [0, 0.05) is 23.0 Å². The number of ketones is 1. The van der Waals surface area contributed by atoms with Gasteiger partial charge in [-0.15, -0.1) is 0 Å². The first-order valence-electron chi connectivity index (χ1n) is 11.7. The van der Waals surface area contributed by atoms with E-state index in [-0.39, 0.29) is 5.57 Å². The van der Waals surface area contributed by atoms with Crippen LogP contribution in [0.3, 0.4) is 0 Å². The zero-order valence-corrected chi connectivity index (χ0v) is 21.0. The van der Waals surface area contributed by atoms with Crippen molar-refractivity contribution in [3.63, 3.8) is 0 Å². The lowest BCUT2D eigenvalue weighted by Crippen LogP contribution is -3.11. The van der Waals surface area contributed by atoms with Crippen LogP contribution >= 0.6 is 15.9 Å². The maximum Gasteiger partial charge on any atom is 0.295 e. The van der Waals surface area contributed by atoms with Gasteiger partial charge in [-0.2, -0.15) is 0 Å². The van der Waals surface area contributed by atoms with E-state index in [4.69, 9.17) is 9.47 Å². The van der Waals surface area contributed by atoms with E-state index in [2.05, 4.69) is 29.8 Å². The Morgan fingerprint density at radius 1 is 1.06 bits per heavy atom. The molecule has 0 saturated carbocycles. The van der Waals surface area contributed by atoms with E-state index in [0.29, 0.717) is 36.8 Å². The summed E-state index contributed by atoms with van der Waals surface area (Å²) in [6.45, 7) is 8.40. The molecule has 1 amide bonds. The molecule has 34 heavy (non-hydrogen) atoms. The van der Waals surface area contributed by atoms with Gasteiger partial charge in [-0.1, -0.05) is 39.9 Å². The molecule has 7 nitrogen and oxygen atoms in total. The normalized spacial score (nSPS) is 19.2. The average molecular weight is 529 g/mol. The van der Waals surface area contributed by atoms with Crippen LogP contribution < -0.4 is 19.5 Å². The summed E-state index contributed by atoms with van der Waals surface area (Å²) in [7, 11) is 0. The van der Waals surface area contributed by atoms with Crippen LogP contribution in [0, 0.1) is 0 Å². The molecule has 2 aromatic carbocycles. The molecule has 1 saturated heterocycles. The minimum Gasteiger partial charge on any atom is -0.872 e. The van der Waals surface area contributed by atoms with Crippen molar-refractivity contribution in [3.05, 3.63) is 63.6 Å². The molecule has 4 rings (SSSR count). The van der Waals surface area contributed by atoms with Crippen LogP contribution in [0.5, 0.6) is 11.5 Å². The molecule has 1 atom stereocenters. The third kappa shape index (κ3) is 4.83. The van der Waals surface area contributed by atoms with Crippen LogP contribution in [0.4, 0.5) is 0 Å². The van der Waals surface area contributed by atoms with Gasteiger partial charge in [0.05, 0.1) is 25.7 Å². The Morgan fingerprint density at radius 3 is 2.41 bits per heavy atom. The minimum atomic E-state index is -0.733. The van der Waals surface area contributed by atoms with E-state index < -0.39 is 23.5 Å². The van der Waals surface area contributed by atoms with Gasteiger partial charge in [0.1, 0.15) is 13.2 Å². The summed E-state index contributed by atoms with van der Waals surface area (Å²) in [6, 6.07) is 11.6. The number of amides is 1. The Hall–Kier alpha value is -2.84. The fourth-order valence-corrected chi connectivity index (χ4v) is 4.80. The third-order valence-corrected chi connectivity index (χ3v) is 6.98. The number of nitrogens with zero attached hydrogens (tertiary/aromatic N) is 1. The monoisotopic (exact) mass is 528 g/mol. The topological polar surface area (TPSA) is 83.3 Å². The molecule has 2 heterocycles. The van der Waals surface area contributed by atoms with E-state index in [1.165, 1.54) is 4.90 Å². The SMILES string of the molecule is CC[NH+](CC)CCCN1C(=O)C(=O)C(=C([O-])c2ccc3c(c2)OCCO3)C1c1ccc(Br)cc1. The van der Waals surface area contributed by atoms with Crippen LogP contribution in [-0.2, 0) is 9.59 Å². The van der Waals surface area contributed by atoms with Crippen LogP contribution in [0.1, 0.15) is 37.4 Å². The van der Waals surface area contributed by atoms with Crippen molar-refractivity contribution >= 4 is 33.4 Å². The van der Waals surface area contributed by atoms with Crippen LogP contribution in [0.2, 0.25) is 0 Å². The van der Waals surface area contributed by atoms with Crippen LogP contribution in [0.25, 0.3) is 5.76 Å². The average Bonchev–Trinajstić information content (AvgIpc) is 3.11. The standard InChI is InChI=1S/C26H29BrN2O5/c1-3-28(4-2)12-5-13-29-23(17-6-9-19(27)10-7-17)22(25(31)26(29)32)24(30)18-8-11-20-21(16-18)34-15-14-33-20/h6-11,16,23,30H,3-5,12-15H2,1-2H3. The van der Waals surface area contributed by atoms with Crippen molar-refractivity contribution in [3.8, 4) is 11.5 Å². The second kappa shape index (κ2) is 10.6. The Labute approximate surface area is 208 Å². The summed E-state index contributed by atoms with van der Waals surface area (Å²) in [5.41, 5.74) is 1.02. The summed E-state index contributed by atoms with van der Waals surface area (Å²) in [6.07, 6.45) is 0.745. The summed E-state index contributed by atoms with van der Waals surface area (Å²) in [5, 5.41) is 13.6. The Morgan fingerprint density at radius 2 is 1.74 bits per heavy atom. The summed E-state index contributed by atoms with van der Waals surface area (Å²) in [5.74, 6) is -0.785. The van der Waals surface area contributed by atoms with Crippen molar-refractivity contribution in [2.45, 2.75) is 26.3 Å². The van der Waals surface area contributed by atoms with Crippen molar-refractivity contribution in [1.29, 1.82) is 0 Å². The van der Waals surface area contributed by atoms with Crippen LogP contribution in [0.15, 0.2) is 52.5 Å². The number of hydrogen-bond donors (Lipinski definition) is 1. The fourth-order valence-electron chi connectivity index (χ4n) is 4.54. The van der Waals surface area contributed by atoms with Gasteiger partial charge in [-0.3, -0.25) is 9.59 Å². The highest BCUT2D eigenvalue weighted by molar-refractivity contribution is 9.10. The molecule has 0 aliphatic carbocycles. The number of carbonyl (C=O) groups is 2. The molecule has 0 bridgehead atoms. The van der Waals surface area contributed by atoms with E-state index in [1.807, 2.05) is 24.3 Å². The number of rotatable bonds is 8. The lowest BCUT2D eigenvalue weighted by molar-refractivity contribution is -0.896. The number of ether oxygens (including phenoxy) is 2. The number of quaternary nitrogens is 1. The highest BCUT2D eigenvalue weighted by Gasteiger charge is 2.44. The van der Waals surface area contributed by atoms with Crippen LogP contribution in [-0.4, -0.2) is 56.0 Å². The Kier molecular flexibility index (Phi) is 7.58. The van der Waals surface area contributed by atoms with Gasteiger partial charge < -0.3 is 24.4 Å². The lowest BCUT2D eigenvalue weighted by Gasteiger charge is -2.28. The Balaban J connectivity index is 1.72. The van der Waals surface area contributed by atoms with Gasteiger partial charge in [0.25, 0.3) is 5.91 Å². The molecular formula is C26H29BrN2O5. The number of fused-ring (bicyclic) bond motifs is 1. The number of halogens is 1. The first kappa shape index (κ1) is 24.3. The van der Waals surface area contributed by atoms with Crippen molar-refractivity contribution in [2.75, 3.05) is 39.4 Å². The quantitative estimate of drug-likeness (QED) is 0.320. The number of nitrogens with one attached hydrogen (secondary N) is 1. The van der Waals surface area contributed by atoms with E-state index in [0.717, 1.165) is 36.1 Å². The number of Topliss-reactive ketones (excluding diaryl/α,β-unsaturated/α-hetero) is 1. The van der Waals surface area contributed by atoms with Crippen molar-refractivity contribution < 1.29 is 29.1 Å². The largest absolute Gasteiger partial charge is 0.872 e. The second-order valence-electron chi connectivity index (χ2n) is 8.44. The maximum absolute atomic E-state index is 13.6. The highest BCUT2D eigenvalue weighted by atomic mass is 79.9. The molecule has 8 heteroatoms. The molecule has 1 unspecified atom stereocenters. The zero-order chi connectivity index (χ0) is 24.2. The lowest BCUT2D eigenvalue weighted by atomic mass is 9.95. The number of hydrogen-bond acceptors (Lipinski definition) is 5. The highest BCUT2D eigenvalue weighted by Crippen LogP contribution is 2.40. The molecular weight excluding hydrogens is 500 g/mol. The molecule has 2 aromatic rings. The fraction of sp³-hybridized carbons (Fsp3) is 0.385. The van der Waals surface area contributed by atoms with E-state index >= 15 is 0 Å². The Bertz CT molecular complexity index is 1090. The van der Waals surface area contributed by atoms with Crippen molar-refractivity contribution in [1.82, 2.24) is 4.90 Å².